The number of rotatable bonds is 5. The van der Waals surface area contributed by atoms with Gasteiger partial charge >= 0.3 is 5.96 Å². The van der Waals surface area contributed by atoms with E-state index in [1.54, 1.807) is 7.11 Å². The molecule has 2 heterocycles. The van der Waals surface area contributed by atoms with E-state index >= 15 is 0 Å². The minimum absolute atomic E-state index is 0. The van der Waals surface area contributed by atoms with Crippen molar-refractivity contribution in [3.8, 4) is 5.75 Å². The molecule has 32 heavy (non-hydrogen) atoms. The molecule has 2 aliphatic rings. The monoisotopic (exact) mass is 493 g/mol. The van der Waals surface area contributed by atoms with Crippen molar-refractivity contribution in [1.82, 2.24) is 15.8 Å². The van der Waals surface area contributed by atoms with E-state index in [9.17, 15) is 0 Å². The van der Waals surface area contributed by atoms with E-state index in [1.165, 1.54) is 16.7 Å². The van der Waals surface area contributed by atoms with Crippen molar-refractivity contribution in [1.29, 1.82) is 0 Å². The maximum Gasteiger partial charge on any atom is 0.363 e. The van der Waals surface area contributed by atoms with E-state index in [2.05, 4.69) is 87.1 Å². The highest BCUT2D eigenvalue weighted by atomic mass is 79.9. The third-order valence-electron chi connectivity index (χ3n) is 6.16. The van der Waals surface area contributed by atoms with Crippen LogP contribution in [0.4, 0.5) is 0 Å². The second kappa shape index (κ2) is 9.73. The van der Waals surface area contributed by atoms with Crippen LogP contribution in [0.2, 0.25) is 0 Å². The molecule has 3 atom stereocenters. The number of halogens is 1. The molecule has 0 aliphatic carbocycles. The van der Waals surface area contributed by atoms with Gasteiger partial charge in [-0.25, -0.2) is 4.58 Å². The summed E-state index contributed by atoms with van der Waals surface area (Å²) in [4.78, 5) is 0. The van der Waals surface area contributed by atoms with E-state index in [0.29, 0.717) is 5.96 Å². The lowest BCUT2D eigenvalue weighted by molar-refractivity contribution is -0.605. The number of methoxy groups -OCH3 is 1. The van der Waals surface area contributed by atoms with Crippen LogP contribution in [0.3, 0.4) is 0 Å². The van der Waals surface area contributed by atoms with Crippen LogP contribution in [0.5, 0.6) is 5.75 Å². The second-order valence-electron chi connectivity index (χ2n) is 8.05. The van der Waals surface area contributed by atoms with Gasteiger partial charge in [0.25, 0.3) is 0 Å². The van der Waals surface area contributed by atoms with Crippen LogP contribution in [-0.2, 0) is 6.54 Å². The highest BCUT2D eigenvalue weighted by molar-refractivity contribution is 5.73. The van der Waals surface area contributed by atoms with Crippen LogP contribution in [0, 0.1) is 0 Å². The Balaban J connectivity index is 0.00000245. The molecule has 0 saturated carbocycles. The van der Waals surface area contributed by atoms with Crippen molar-refractivity contribution in [2.45, 2.75) is 31.3 Å². The van der Waals surface area contributed by atoms with Crippen LogP contribution < -0.4 is 38.2 Å². The van der Waals surface area contributed by atoms with Crippen molar-refractivity contribution < 1.29 is 26.3 Å². The SMILES string of the molecule is COc1ccc(C2CC(c3ccccc3)NC3N2NC(N)=[N+]3Cc2ccccc2)cc1.[Br-]. The van der Waals surface area contributed by atoms with Crippen LogP contribution in [0.15, 0.2) is 84.9 Å². The molecule has 7 heteroatoms. The minimum atomic E-state index is -0.0636. The molecule has 6 nitrogen and oxygen atoms in total. The summed E-state index contributed by atoms with van der Waals surface area (Å²) in [7, 11) is 1.69. The number of hydrogen-bond acceptors (Lipinski definition) is 5. The van der Waals surface area contributed by atoms with E-state index in [1.807, 2.05) is 18.2 Å². The maximum absolute atomic E-state index is 6.49. The number of ether oxygens (including phenoxy) is 1. The van der Waals surface area contributed by atoms with Gasteiger partial charge in [-0.1, -0.05) is 72.8 Å². The summed E-state index contributed by atoms with van der Waals surface area (Å²) in [6, 6.07) is 29.8. The van der Waals surface area contributed by atoms with Gasteiger partial charge in [0.15, 0.2) is 0 Å². The Morgan fingerprint density at radius 1 is 0.938 bits per heavy atom. The average molecular weight is 494 g/mol. The van der Waals surface area contributed by atoms with Crippen molar-refractivity contribution in [2.24, 2.45) is 5.73 Å². The molecule has 0 aromatic heterocycles. The van der Waals surface area contributed by atoms with E-state index < -0.39 is 0 Å². The van der Waals surface area contributed by atoms with E-state index in [0.717, 1.165) is 18.7 Å². The number of nitrogens with zero attached hydrogens (tertiary/aromatic N) is 2. The third-order valence-corrected chi connectivity index (χ3v) is 6.16. The predicted octanol–water partition coefficient (Wildman–Crippen LogP) is 0.106. The van der Waals surface area contributed by atoms with Crippen molar-refractivity contribution in [3.05, 3.63) is 102 Å². The molecule has 0 amide bonds. The summed E-state index contributed by atoms with van der Waals surface area (Å²) in [6.45, 7) is 0.727. The summed E-state index contributed by atoms with van der Waals surface area (Å²) in [5.74, 6) is 1.52. The predicted molar refractivity (Wildman–Crippen MR) is 121 cm³/mol. The zero-order chi connectivity index (χ0) is 21.2. The van der Waals surface area contributed by atoms with Gasteiger partial charge in [-0.15, -0.1) is 5.01 Å². The van der Waals surface area contributed by atoms with Crippen LogP contribution in [0.1, 0.15) is 35.2 Å². The number of guanidine groups is 1. The topological polar surface area (TPSA) is 65.6 Å². The molecule has 1 saturated heterocycles. The molecule has 2 aliphatic heterocycles. The highest BCUT2D eigenvalue weighted by Gasteiger charge is 2.46. The molecule has 3 aromatic carbocycles. The first-order valence-electron chi connectivity index (χ1n) is 10.7. The molecule has 0 bridgehead atoms. The van der Waals surface area contributed by atoms with Crippen LogP contribution in [0.25, 0.3) is 0 Å². The number of benzene rings is 3. The lowest BCUT2D eigenvalue weighted by Gasteiger charge is -2.40. The lowest BCUT2D eigenvalue weighted by Crippen LogP contribution is -3.00. The summed E-state index contributed by atoms with van der Waals surface area (Å²) < 4.78 is 7.56. The smallest absolute Gasteiger partial charge is 0.363 e. The van der Waals surface area contributed by atoms with Crippen molar-refractivity contribution >= 4 is 5.96 Å². The summed E-state index contributed by atoms with van der Waals surface area (Å²) in [6.07, 6.45) is 0.859. The minimum Gasteiger partial charge on any atom is -1.00 e. The van der Waals surface area contributed by atoms with Gasteiger partial charge in [0.2, 0.25) is 6.29 Å². The number of fused-ring (bicyclic) bond motifs is 1. The summed E-state index contributed by atoms with van der Waals surface area (Å²) in [5.41, 5.74) is 13.7. The zero-order valence-electron chi connectivity index (χ0n) is 18.0. The first kappa shape index (κ1) is 22.3. The Bertz CT molecular complexity index is 1060. The Hall–Kier alpha value is -2.87. The van der Waals surface area contributed by atoms with Gasteiger partial charge in [-0.2, -0.15) is 5.43 Å². The van der Waals surface area contributed by atoms with Gasteiger partial charge in [-0.05, 0) is 35.2 Å². The van der Waals surface area contributed by atoms with E-state index in [-0.39, 0.29) is 35.4 Å². The lowest BCUT2D eigenvalue weighted by atomic mass is 9.92. The second-order valence-corrected chi connectivity index (χ2v) is 8.05. The average Bonchev–Trinajstić information content (AvgIpc) is 3.14. The van der Waals surface area contributed by atoms with E-state index in [4.69, 9.17) is 10.5 Å². The van der Waals surface area contributed by atoms with Crippen LogP contribution >= 0.6 is 0 Å². The number of hydrazine groups is 1. The molecule has 5 rings (SSSR count). The van der Waals surface area contributed by atoms with Gasteiger partial charge in [0, 0.05) is 6.04 Å². The summed E-state index contributed by atoms with van der Waals surface area (Å²) in [5, 5.41) is 6.05. The zero-order valence-corrected chi connectivity index (χ0v) is 19.6. The molecule has 4 N–H and O–H groups in total. The number of nitrogens with one attached hydrogen (secondary N) is 2. The Morgan fingerprint density at radius 2 is 1.59 bits per heavy atom. The first-order valence-corrected chi connectivity index (χ1v) is 10.7. The third kappa shape index (κ3) is 4.37. The number of hydrogen-bond donors (Lipinski definition) is 3. The van der Waals surface area contributed by atoms with Gasteiger partial charge in [0.1, 0.15) is 5.75 Å². The van der Waals surface area contributed by atoms with Gasteiger partial charge in [0.05, 0.1) is 19.7 Å². The van der Waals surface area contributed by atoms with Crippen LogP contribution in [-0.4, -0.2) is 28.9 Å². The molecule has 166 valence electrons. The largest absolute Gasteiger partial charge is 1.00 e. The molecule has 0 radical (unpaired) electrons. The Kier molecular flexibility index (Phi) is 6.79. The summed E-state index contributed by atoms with van der Waals surface area (Å²) >= 11 is 0. The maximum atomic E-state index is 6.49. The first-order chi connectivity index (χ1) is 15.2. The number of nitrogens with two attached hydrogens (primary N) is 1. The van der Waals surface area contributed by atoms with Gasteiger partial charge < -0.3 is 21.7 Å². The highest BCUT2D eigenvalue weighted by Crippen LogP contribution is 2.37. The molecular formula is C25H28BrN5O. The fraction of sp³-hybridized carbons (Fsp3) is 0.240. The quantitative estimate of drug-likeness (QED) is 0.440. The fourth-order valence-corrected chi connectivity index (χ4v) is 4.54. The standard InChI is InChI=1S/C25H27N5O.BrH/c1-31-21-14-12-20(13-15-21)23-16-22(19-10-6-3-7-11-19)27-25-29(24(26)28-30(23)25)17-18-8-4-2-5-9-18;/h2-15,22-23,25,27H,16-17H2,1H3,(H2,26,28);1H. The Labute approximate surface area is 199 Å². The molecule has 3 unspecified atom stereocenters. The van der Waals surface area contributed by atoms with Crippen molar-refractivity contribution in [3.63, 3.8) is 0 Å². The van der Waals surface area contributed by atoms with Gasteiger partial charge in [-0.3, -0.25) is 11.1 Å². The molecule has 3 aromatic rings. The molecule has 0 spiro atoms. The fourth-order valence-electron chi connectivity index (χ4n) is 4.54. The normalized spacial score (nSPS) is 22.6. The molecular weight excluding hydrogens is 466 g/mol. The molecule has 1 fully saturated rings. The Morgan fingerprint density at radius 3 is 2.25 bits per heavy atom. The van der Waals surface area contributed by atoms with Crippen molar-refractivity contribution in [2.75, 3.05) is 7.11 Å².